The largest absolute Gasteiger partial charge is 0.377 e. The first-order valence-corrected chi connectivity index (χ1v) is 7.81. The highest BCUT2D eigenvalue weighted by atomic mass is 35.5. The maximum atomic E-state index is 6.49. The van der Waals surface area contributed by atoms with Gasteiger partial charge in [0.1, 0.15) is 0 Å². The Morgan fingerprint density at radius 2 is 2.00 bits per heavy atom. The monoisotopic (exact) mass is 301 g/mol. The van der Waals surface area contributed by atoms with E-state index in [1.807, 2.05) is 4.68 Å². The average molecular weight is 302 g/mol. The maximum Gasteiger partial charge on any atom is 0.0850 e. The van der Waals surface area contributed by atoms with Crippen LogP contribution in [0.15, 0.2) is 0 Å². The molecule has 0 radical (unpaired) electrons. The molecule has 1 rings (SSSR count). The fraction of sp³-hybridized carbons (Fsp3) is 0.800. The van der Waals surface area contributed by atoms with Gasteiger partial charge in [-0.2, -0.15) is 5.10 Å². The Morgan fingerprint density at radius 1 is 1.35 bits per heavy atom. The van der Waals surface area contributed by atoms with Gasteiger partial charge in [0.15, 0.2) is 0 Å². The molecule has 0 saturated carbocycles. The van der Waals surface area contributed by atoms with Gasteiger partial charge in [0.2, 0.25) is 0 Å². The third-order valence-electron chi connectivity index (χ3n) is 3.91. The molecule has 4 nitrogen and oxygen atoms in total. The minimum atomic E-state index is -0.255. The first-order valence-electron chi connectivity index (χ1n) is 7.43. The van der Waals surface area contributed by atoms with Gasteiger partial charge in [-0.1, -0.05) is 25.4 Å². The molecule has 1 aromatic heterocycles. The van der Waals surface area contributed by atoms with E-state index in [1.165, 1.54) is 0 Å². The fourth-order valence-corrected chi connectivity index (χ4v) is 2.70. The molecule has 1 aromatic rings. The summed E-state index contributed by atoms with van der Waals surface area (Å²) in [4.78, 5) is 0. The number of ether oxygens (including phenoxy) is 1. The summed E-state index contributed by atoms with van der Waals surface area (Å²) >= 11 is 6.49. The van der Waals surface area contributed by atoms with Crippen molar-refractivity contribution in [1.29, 1.82) is 0 Å². The number of hydrogen-bond acceptors (Lipinski definition) is 3. The van der Waals surface area contributed by atoms with Crippen LogP contribution in [-0.2, 0) is 24.1 Å². The second kappa shape index (κ2) is 7.43. The standard InChI is InChI=1S/C15H28ClN3O/c1-7-11-14(16)12(19(9-3)18-11)10-13(17-8-2)15(4,5)20-6/h13,17H,7-10H2,1-6H3. The van der Waals surface area contributed by atoms with Crippen LogP contribution in [0.25, 0.3) is 0 Å². The van der Waals surface area contributed by atoms with Crippen LogP contribution in [0.1, 0.15) is 46.0 Å². The van der Waals surface area contributed by atoms with Crippen molar-refractivity contribution in [3.05, 3.63) is 16.4 Å². The van der Waals surface area contributed by atoms with Crippen molar-refractivity contribution in [1.82, 2.24) is 15.1 Å². The highest BCUT2D eigenvalue weighted by molar-refractivity contribution is 6.31. The Hall–Kier alpha value is -0.580. The average Bonchev–Trinajstić information content (AvgIpc) is 2.74. The van der Waals surface area contributed by atoms with Crippen LogP contribution in [0, 0.1) is 0 Å². The highest BCUT2D eigenvalue weighted by Gasteiger charge is 2.31. The number of rotatable bonds is 8. The summed E-state index contributed by atoms with van der Waals surface area (Å²) in [6.07, 6.45) is 1.67. The Balaban J connectivity index is 3.07. The van der Waals surface area contributed by atoms with Gasteiger partial charge in [-0.3, -0.25) is 4.68 Å². The van der Waals surface area contributed by atoms with Gasteiger partial charge >= 0.3 is 0 Å². The first-order chi connectivity index (χ1) is 9.41. The van der Waals surface area contributed by atoms with Crippen molar-refractivity contribution in [2.45, 2.75) is 65.6 Å². The van der Waals surface area contributed by atoms with Crippen LogP contribution in [0.5, 0.6) is 0 Å². The molecule has 116 valence electrons. The van der Waals surface area contributed by atoms with Crippen molar-refractivity contribution in [3.8, 4) is 0 Å². The molecule has 0 spiro atoms. The summed E-state index contributed by atoms with van der Waals surface area (Å²) in [6.45, 7) is 12.2. The van der Waals surface area contributed by atoms with Crippen LogP contribution in [0.2, 0.25) is 5.02 Å². The molecular weight excluding hydrogens is 274 g/mol. The lowest BCUT2D eigenvalue weighted by Crippen LogP contribution is -2.49. The van der Waals surface area contributed by atoms with Crippen molar-refractivity contribution in [2.24, 2.45) is 0 Å². The Bertz CT molecular complexity index is 429. The third-order valence-corrected chi connectivity index (χ3v) is 4.34. The molecule has 1 atom stereocenters. The van der Waals surface area contributed by atoms with Crippen LogP contribution < -0.4 is 5.32 Å². The molecule has 20 heavy (non-hydrogen) atoms. The lowest BCUT2D eigenvalue weighted by atomic mass is 9.93. The van der Waals surface area contributed by atoms with Crippen molar-refractivity contribution in [3.63, 3.8) is 0 Å². The Labute approximate surface area is 127 Å². The van der Waals surface area contributed by atoms with E-state index >= 15 is 0 Å². The van der Waals surface area contributed by atoms with Gasteiger partial charge in [-0.25, -0.2) is 0 Å². The summed E-state index contributed by atoms with van der Waals surface area (Å²) in [5.41, 5.74) is 1.82. The molecule has 0 fully saturated rings. The normalized spacial score (nSPS) is 13.8. The molecule has 5 heteroatoms. The smallest absolute Gasteiger partial charge is 0.0850 e. The molecule has 0 aliphatic rings. The molecule has 1 heterocycles. The number of likely N-dealkylation sites (N-methyl/N-ethyl adjacent to an activating group) is 1. The minimum absolute atomic E-state index is 0.196. The molecule has 0 amide bonds. The van der Waals surface area contributed by atoms with E-state index in [0.717, 1.165) is 42.3 Å². The van der Waals surface area contributed by atoms with Crippen molar-refractivity contribution < 1.29 is 4.74 Å². The zero-order chi connectivity index (χ0) is 15.3. The summed E-state index contributed by atoms with van der Waals surface area (Å²) in [5, 5.41) is 8.90. The van der Waals surface area contributed by atoms with E-state index in [0.29, 0.717) is 0 Å². The van der Waals surface area contributed by atoms with Crippen molar-refractivity contribution >= 4 is 11.6 Å². The van der Waals surface area contributed by atoms with E-state index in [4.69, 9.17) is 16.3 Å². The number of halogens is 1. The topological polar surface area (TPSA) is 39.1 Å². The number of hydrogen-bond donors (Lipinski definition) is 1. The van der Waals surface area contributed by atoms with E-state index < -0.39 is 0 Å². The summed E-state index contributed by atoms with van der Waals surface area (Å²) < 4.78 is 7.65. The molecule has 0 bridgehead atoms. The summed E-state index contributed by atoms with van der Waals surface area (Å²) in [5.74, 6) is 0. The fourth-order valence-electron chi connectivity index (χ4n) is 2.36. The zero-order valence-corrected chi connectivity index (χ0v) is 14.3. The Kier molecular flexibility index (Phi) is 6.49. The second-order valence-electron chi connectivity index (χ2n) is 5.50. The zero-order valence-electron chi connectivity index (χ0n) is 13.6. The number of nitrogens with zero attached hydrogens (tertiary/aromatic N) is 2. The van der Waals surface area contributed by atoms with Gasteiger partial charge < -0.3 is 10.1 Å². The van der Waals surface area contributed by atoms with Gasteiger partial charge in [0.25, 0.3) is 0 Å². The predicted molar refractivity (Wildman–Crippen MR) is 84.5 cm³/mol. The molecule has 0 aromatic carbocycles. The summed E-state index contributed by atoms with van der Waals surface area (Å²) in [7, 11) is 1.75. The van der Waals surface area contributed by atoms with E-state index in [9.17, 15) is 0 Å². The van der Waals surface area contributed by atoms with Gasteiger partial charge in [-0.05, 0) is 33.7 Å². The van der Waals surface area contributed by atoms with Crippen molar-refractivity contribution in [2.75, 3.05) is 13.7 Å². The van der Waals surface area contributed by atoms with E-state index in [-0.39, 0.29) is 11.6 Å². The second-order valence-corrected chi connectivity index (χ2v) is 5.88. The highest BCUT2D eigenvalue weighted by Crippen LogP contribution is 2.26. The van der Waals surface area contributed by atoms with Gasteiger partial charge in [-0.15, -0.1) is 0 Å². The number of aromatic nitrogens is 2. The quantitative estimate of drug-likeness (QED) is 0.802. The first kappa shape index (κ1) is 17.5. The predicted octanol–water partition coefficient (Wildman–Crippen LogP) is 3.06. The van der Waals surface area contributed by atoms with Crippen LogP contribution >= 0.6 is 11.6 Å². The van der Waals surface area contributed by atoms with Crippen LogP contribution in [-0.4, -0.2) is 35.1 Å². The number of nitrogens with one attached hydrogen (secondary N) is 1. The lowest BCUT2D eigenvalue weighted by molar-refractivity contribution is -0.0101. The Morgan fingerprint density at radius 3 is 2.45 bits per heavy atom. The molecule has 0 aliphatic carbocycles. The number of aryl methyl sites for hydroxylation is 2. The molecule has 0 aliphatic heterocycles. The molecular formula is C15H28ClN3O. The third kappa shape index (κ3) is 3.74. The van der Waals surface area contributed by atoms with Gasteiger partial charge in [0, 0.05) is 26.1 Å². The molecule has 1 unspecified atom stereocenters. The SMILES string of the molecule is CCNC(Cc1c(Cl)c(CC)nn1CC)C(C)(C)OC. The number of methoxy groups -OCH3 is 1. The minimum Gasteiger partial charge on any atom is -0.377 e. The molecule has 1 N–H and O–H groups in total. The lowest BCUT2D eigenvalue weighted by Gasteiger charge is -2.34. The summed E-state index contributed by atoms with van der Waals surface area (Å²) in [6, 6.07) is 0.196. The van der Waals surface area contributed by atoms with Crippen LogP contribution in [0.3, 0.4) is 0 Å². The van der Waals surface area contributed by atoms with Gasteiger partial charge in [0.05, 0.1) is 22.0 Å². The molecule has 0 saturated heterocycles. The van der Waals surface area contributed by atoms with Crippen LogP contribution in [0.4, 0.5) is 0 Å². The van der Waals surface area contributed by atoms with E-state index in [2.05, 4.69) is 45.0 Å². The van der Waals surface area contributed by atoms with E-state index in [1.54, 1.807) is 7.11 Å². The maximum absolute atomic E-state index is 6.49.